The first-order valence-corrected chi connectivity index (χ1v) is 11.6. The van der Waals surface area contributed by atoms with E-state index in [2.05, 4.69) is 0 Å². The molecule has 27 heavy (non-hydrogen) atoms. The summed E-state index contributed by atoms with van der Waals surface area (Å²) in [6.45, 7) is 7.49. The number of carbonyl (C=O) groups is 2. The molecule has 0 unspecified atom stereocenters. The Kier molecular flexibility index (Phi) is 7.41. The molecule has 1 aliphatic heterocycles. The smallest absolute Gasteiger partial charge is 0.252 e. The van der Waals surface area contributed by atoms with Crippen molar-refractivity contribution in [3.8, 4) is 0 Å². The zero-order chi connectivity index (χ0) is 20.2. The van der Waals surface area contributed by atoms with Crippen molar-refractivity contribution < 1.29 is 18.0 Å². The molecule has 0 spiro atoms. The number of likely N-dealkylation sites (N-methyl/N-ethyl adjacent to an activating group) is 2. The second-order valence-electron chi connectivity index (χ2n) is 6.83. The summed E-state index contributed by atoms with van der Waals surface area (Å²) >= 11 is 1.25. The van der Waals surface area contributed by atoms with Crippen molar-refractivity contribution in [2.45, 2.75) is 37.8 Å². The number of nitrogens with zero attached hydrogens (tertiary/aromatic N) is 3. The van der Waals surface area contributed by atoms with Crippen LogP contribution in [-0.2, 0) is 19.6 Å². The van der Waals surface area contributed by atoms with E-state index >= 15 is 0 Å². The normalized spacial score (nSPS) is 18.3. The van der Waals surface area contributed by atoms with Crippen molar-refractivity contribution in [2.24, 2.45) is 5.92 Å². The van der Waals surface area contributed by atoms with Crippen molar-refractivity contribution in [1.82, 2.24) is 14.1 Å². The number of sulfonamides is 1. The number of rotatable bonds is 7. The molecular formula is C18H29N3O4S2. The molecule has 1 atom stereocenters. The predicted octanol–water partition coefficient (Wildman–Crippen LogP) is 1.78. The Morgan fingerprint density at radius 2 is 1.93 bits per heavy atom. The first-order chi connectivity index (χ1) is 12.7. The van der Waals surface area contributed by atoms with Crippen molar-refractivity contribution in [3.05, 3.63) is 17.0 Å². The monoisotopic (exact) mass is 415 g/mol. The molecule has 7 nitrogen and oxygen atoms in total. The summed E-state index contributed by atoms with van der Waals surface area (Å²) < 4.78 is 27.4. The minimum absolute atomic E-state index is 0.0217. The summed E-state index contributed by atoms with van der Waals surface area (Å²) in [5.41, 5.74) is 0. The maximum Gasteiger partial charge on any atom is 0.252 e. The van der Waals surface area contributed by atoms with E-state index in [1.54, 1.807) is 24.1 Å². The summed E-state index contributed by atoms with van der Waals surface area (Å²) in [5, 5.41) is 0. The Hall–Kier alpha value is -1.45. The highest BCUT2D eigenvalue weighted by Crippen LogP contribution is 2.28. The number of hydrogen-bond donors (Lipinski definition) is 0. The fraction of sp³-hybridized carbons (Fsp3) is 0.667. The quantitative estimate of drug-likeness (QED) is 0.680. The molecule has 152 valence electrons. The van der Waals surface area contributed by atoms with E-state index in [9.17, 15) is 18.0 Å². The average molecular weight is 416 g/mol. The first-order valence-electron chi connectivity index (χ1n) is 9.30. The number of carbonyl (C=O) groups excluding carboxylic acids is 2. The average Bonchev–Trinajstić information content (AvgIpc) is 3.09. The van der Waals surface area contributed by atoms with E-state index in [1.807, 2.05) is 20.8 Å². The molecule has 2 amide bonds. The van der Waals surface area contributed by atoms with E-state index in [0.29, 0.717) is 36.7 Å². The number of piperidine rings is 1. The van der Waals surface area contributed by atoms with Gasteiger partial charge < -0.3 is 9.80 Å². The molecule has 1 aliphatic rings. The van der Waals surface area contributed by atoms with Crippen LogP contribution in [0.4, 0.5) is 0 Å². The second kappa shape index (κ2) is 9.16. The maximum atomic E-state index is 12.8. The van der Waals surface area contributed by atoms with E-state index in [-0.39, 0.29) is 24.9 Å². The third-order valence-corrected chi connectivity index (χ3v) is 8.24. The van der Waals surface area contributed by atoms with Gasteiger partial charge in [0.15, 0.2) is 0 Å². The summed E-state index contributed by atoms with van der Waals surface area (Å²) in [6, 6.07) is 3.41. The van der Waals surface area contributed by atoms with Gasteiger partial charge >= 0.3 is 0 Å². The third-order valence-electron chi connectivity index (χ3n) is 4.91. The van der Waals surface area contributed by atoms with Gasteiger partial charge in [0.05, 0.1) is 12.5 Å². The van der Waals surface area contributed by atoms with Crippen LogP contribution in [0.3, 0.4) is 0 Å². The fourth-order valence-corrected chi connectivity index (χ4v) is 6.27. The molecule has 0 radical (unpaired) electrons. The van der Waals surface area contributed by atoms with Crippen molar-refractivity contribution in [1.29, 1.82) is 0 Å². The van der Waals surface area contributed by atoms with E-state index in [0.717, 1.165) is 4.88 Å². The van der Waals surface area contributed by atoms with E-state index in [4.69, 9.17) is 0 Å². The van der Waals surface area contributed by atoms with Gasteiger partial charge in [0.1, 0.15) is 4.21 Å². The van der Waals surface area contributed by atoms with Crippen LogP contribution in [0.5, 0.6) is 0 Å². The highest BCUT2D eigenvalue weighted by atomic mass is 32.2. The van der Waals surface area contributed by atoms with Gasteiger partial charge in [-0.2, -0.15) is 4.31 Å². The Balaban J connectivity index is 2.04. The summed E-state index contributed by atoms with van der Waals surface area (Å²) in [4.78, 5) is 29.1. The molecular weight excluding hydrogens is 386 g/mol. The standard InChI is InChI=1S/C18H29N3O4S2/c1-5-20(6-2)16(22)13-19(4)18(23)15-8-7-11-21(12-15)27(24,25)17-10-9-14(3)26-17/h9-10,15H,5-8,11-13H2,1-4H3/t15-/m0/s1. The van der Waals surface area contributed by atoms with Gasteiger partial charge in [-0.1, -0.05) is 0 Å². The molecule has 0 aliphatic carbocycles. The minimum Gasteiger partial charge on any atom is -0.342 e. The lowest BCUT2D eigenvalue weighted by atomic mass is 9.98. The third kappa shape index (κ3) is 5.08. The molecule has 0 saturated carbocycles. The van der Waals surface area contributed by atoms with Crippen LogP contribution in [0, 0.1) is 12.8 Å². The van der Waals surface area contributed by atoms with Crippen LogP contribution < -0.4 is 0 Å². The topological polar surface area (TPSA) is 78.0 Å². The molecule has 1 saturated heterocycles. The maximum absolute atomic E-state index is 12.8. The molecule has 0 aromatic carbocycles. The number of thiophene rings is 1. The second-order valence-corrected chi connectivity index (χ2v) is 10.3. The highest BCUT2D eigenvalue weighted by molar-refractivity contribution is 7.91. The Bertz CT molecular complexity index is 771. The minimum atomic E-state index is -3.57. The van der Waals surface area contributed by atoms with Crippen LogP contribution in [0.25, 0.3) is 0 Å². The van der Waals surface area contributed by atoms with Crippen LogP contribution >= 0.6 is 11.3 Å². The van der Waals surface area contributed by atoms with Crippen LogP contribution in [0.15, 0.2) is 16.3 Å². The molecule has 0 bridgehead atoms. The van der Waals surface area contributed by atoms with Crippen LogP contribution in [-0.4, -0.2) is 74.1 Å². The fourth-order valence-electron chi connectivity index (χ4n) is 3.31. The zero-order valence-electron chi connectivity index (χ0n) is 16.5. The SMILES string of the molecule is CCN(CC)C(=O)CN(C)C(=O)[C@H]1CCCN(S(=O)(=O)c2ccc(C)s2)C1. The lowest BCUT2D eigenvalue weighted by Gasteiger charge is -2.33. The lowest BCUT2D eigenvalue weighted by Crippen LogP contribution is -2.48. The molecule has 2 rings (SSSR count). The van der Waals surface area contributed by atoms with Gasteiger partial charge in [0.25, 0.3) is 10.0 Å². The molecule has 9 heteroatoms. The molecule has 0 N–H and O–H groups in total. The number of hydrogen-bond acceptors (Lipinski definition) is 5. The van der Waals surface area contributed by atoms with E-state index in [1.165, 1.54) is 20.5 Å². The Morgan fingerprint density at radius 1 is 1.26 bits per heavy atom. The van der Waals surface area contributed by atoms with Gasteiger partial charge in [0.2, 0.25) is 11.8 Å². The van der Waals surface area contributed by atoms with Crippen molar-refractivity contribution >= 4 is 33.2 Å². The van der Waals surface area contributed by atoms with Crippen molar-refractivity contribution in [2.75, 3.05) is 39.8 Å². The predicted molar refractivity (Wildman–Crippen MR) is 106 cm³/mol. The Labute approximate surface area is 166 Å². The number of aryl methyl sites for hydroxylation is 1. The van der Waals surface area contributed by atoms with Crippen molar-refractivity contribution in [3.63, 3.8) is 0 Å². The summed E-state index contributed by atoms with van der Waals surface area (Å²) in [7, 11) is -1.96. The zero-order valence-corrected chi connectivity index (χ0v) is 18.1. The molecule has 1 aromatic rings. The van der Waals surface area contributed by atoms with Gasteiger partial charge in [-0.05, 0) is 45.7 Å². The molecule has 1 fully saturated rings. The summed E-state index contributed by atoms with van der Waals surface area (Å²) in [6.07, 6.45) is 1.27. The first kappa shape index (κ1) is 21.8. The van der Waals surface area contributed by atoms with Crippen LogP contribution in [0.1, 0.15) is 31.6 Å². The largest absolute Gasteiger partial charge is 0.342 e. The lowest BCUT2D eigenvalue weighted by molar-refractivity contribution is -0.142. The molecule has 2 heterocycles. The number of amides is 2. The van der Waals surface area contributed by atoms with Gasteiger partial charge in [-0.25, -0.2) is 8.42 Å². The van der Waals surface area contributed by atoms with Gasteiger partial charge in [-0.15, -0.1) is 11.3 Å². The van der Waals surface area contributed by atoms with Crippen LogP contribution in [0.2, 0.25) is 0 Å². The van der Waals surface area contributed by atoms with Gasteiger partial charge in [0, 0.05) is 38.1 Å². The Morgan fingerprint density at radius 3 is 2.48 bits per heavy atom. The summed E-state index contributed by atoms with van der Waals surface area (Å²) in [5.74, 6) is -0.674. The van der Waals surface area contributed by atoms with Gasteiger partial charge in [-0.3, -0.25) is 9.59 Å². The molecule has 1 aromatic heterocycles. The van der Waals surface area contributed by atoms with E-state index < -0.39 is 15.9 Å². The highest BCUT2D eigenvalue weighted by Gasteiger charge is 2.35.